The summed E-state index contributed by atoms with van der Waals surface area (Å²) in [6.45, 7) is 6.17. The maximum absolute atomic E-state index is 13.0. The molecule has 0 aliphatic carbocycles. The molecule has 0 aliphatic rings. The van der Waals surface area contributed by atoms with Crippen LogP contribution in [0.15, 0.2) is 72.8 Å². The van der Waals surface area contributed by atoms with Gasteiger partial charge in [-0.3, -0.25) is 0 Å². The van der Waals surface area contributed by atoms with E-state index in [1.54, 1.807) is 10.7 Å². The molecule has 0 aliphatic heterocycles. The van der Waals surface area contributed by atoms with Crippen LogP contribution in [0.5, 0.6) is 5.88 Å². The number of hydrogen-bond donors (Lipinski definition) is 0. The van der Waals surface area contributed by atoms with Gasteiger partial charge >= 0.3 is 5.97 Å². The van der Waals surface area contributed by atoms with Crippen LogP contribution in [0.4, 0.5) is 0 Å². The van der Waals surface area contributed by atoms with E-state index in [2.05, 4.69) is 18.9 Å². The van der Waals surface area contributed by atoms with Crippen LogP contribution in [0.3, 0.4) is 0 Å². The minimum atomic E-state index is -0.389. The van der Waals surface area contributed by atoms with E-state index in [1.807, 2.05) is 73.7 Å². The van der Waals surface area contributed by atoms with Gasteiger partial charge in [0.05, 0.1) is 16.9 Å². The summed E-state index contributed by atoms with van der Waals surface area (Å²) in [5, 5.41) is 6.54. The summed E-state index contributed by atoms with van der Waals surface area (Å²) >= 11 is 0. The largest absolute Gasteiger partial charge is 0.404 e. The number of fused-ring (bicyclic) bond motifs is 1. The molecule has 0 radical (unpaired) electrons. The molecule has 0 bridgehead atoms. The zero-order chi connectivity index (χ0) is 19.7. The van der Waals surface area contributed by atoms with Gasteiger partial charge in [-0.25, -0.2) is 9.48 Å². The maximum Gasteiger partial charge on any atom is 0.345 e. The van der Waals surface area contributed by atoms with E-state index < -0.39 is 0 Å². The molecule has 4 rings (SSSR count). The first-order valence-corrected chi connectivity index (χ1v) is 9.40. The van der Waals surface area contributed by atoms with Crippen molar-refractivity contribution in [2.24, 2.45) is 0 Å². The number of nitrogens with zero attached hydrogens (tertiary/aromatic N) is 2. The van der Waals surface area contributed by atoms with Crippen molar-refractivity contribution in [2.45, 2.75) is 26.7 Å². The molecule has 1 aromatic heterocycles. The molecule has 0 saturated heterocycles. The molecule has 0 amide bonds. The van der Waals surface area contributed by atoms with E-state index in [4.69, 9.17) is 4.74 Å². The lowest BCUT2D eigenvalue weighted by Crippen LogP contribution is -2.12. The first-order chi connectivity index (χ1) is 13.5. The molecule has 0 atom stereocenters. The molecule has 0 spiro atoms. The van der Waals surface area contributed by atoms with Crippen LogP contribution in [0.2, 0.25) is 0 Å². The van der Waals surface area contributed by atoms with Crippen LogP contribution in [-0.2, 0) is 0 Å². The van der Waals surface area contributed by atoms with Crippen molar-refractivity contribution in [1.29, 1.82) is 0 Å². The average molecular weight is 370 g/mol. The summed E-state index contributed by atoms with van der Waals surface area (Å²) in [5.41, 5.74) is 3.44. The Balaban J connectivity index is 1.74. The summed E-state index contributed by atoms with van der Waals surface area (Å²) in [4.78, 5) is 13.0. The van der Waals surface area contributed by atoms with Crippen LogP contribution < -0.4 is 4.74 Å². The molecule has 28 heavy (non-hydrogen) atoms. The van der Waals surface area contributed by atoms with Crippen molar-refractivity contribution in [3.8, 4) is 11.6 Å². The Morgan fingerprint density at radius 1 is 0.964 bits per heavy atom. The predicted octanol–water partition coefficient (Wildman–Crippen LogP) is 5.68. The van der Waals surface area contributed by atoms with E-state index in [9.17, 15) is 4.79 Å². The zero-order valence-electron chi connectivity index (χ0n) is 16.2. The van der Waals surface area contributed by atoms with Crippen molar-refractivity contribution >= 4 is 16.7 Å². The summed E-state index contributed by atoms with van der Waals surface area (Å²) in [6.07, 6.45) is 0. The Kier molecular flexibility index (Phi) is 4.70. The van der Waals surface area contributed by atoms with Gasteiger partial charge in [0, 0.05) is 6.07 Å². The van der Waals surface area contributed by atoms with Crippen LogP contribution in [-0.4, -0.2) is 15.7 Å². The van der Waals surface area contributed by atoms with E-state index in [1.165, 1.54) is 0 Å². The van der Waals surface area contributed by atoms with Gasteiger partial charge in [0.2, 0.25) is 5.88 Å². The number of rotatable bonds is 4. The number of carbonyl (C=O) groups excluding carboxylic acids is 1. The Morgan fingerprint density at radius 2 is 1.68 bits per heavy atom. The van der Waals surface area contributed by atoms with Crippen molar-refractivity contribution in [3.63, 3.8) is 0 Å². The summed E-state index contributed by atoms with van der Waals surface area (Å²) in [6, 6.07) is 23.3. The minimum absolute atomic E-state index is 0.224. The highest BCUT2D eigenvalue weighted by Crippen LogP contribution is 2.26. The molecule has 0 unspecified atom stereocenters. The molecular weight excluding hydrogens is 348 g/mol. The third-order valence-electron chi connectivity index (χ3n) is 4.77. The monoisotopic (exact) mass is 370 g/mol. The van der Waals surface area contributed by atoms with E-state index in [0.717, 1.165) is 27.7 Å². The fraction of sp³-hybridized carbons (Fsp3) is 0.167. The lowest BCUT2D eigenvalue weighted by atomic mass is 10.1. The van der Waals surface area contributed by atoms with Crippen molar-refractivity contribution in [3.05, 3.63) is 89.6 Å². The topological polar surface area (TPSA) is 44.1 Å². The van der Waals surface area contributed by atoms with Crippen LogP contribution in [0.1, 0.15) is 41.4 Å². The van der Waals surface area contributed by atoms with Gasteiger partial charge in [-0.1, -0.05) is 67.9 Å². The fourth-order valence-electron chi connectivity index (χ4n) is 3.16. The molecule has 4 nitrogen and oxygen atoms in total. The van der Waals surface area contributed by atoms with Crippen LogP contribution in [0.25, 0.3) is 16.5 Å². The summed E-state index contributed by atoms with van der Waals surface area (Å²) < 4.78 is 7.51. The second-order valence-electron chi connectivity index (χ2n) is 7.23. The van der Waals surface area contributed by atoms with Crippen molar-refractivity contribution in [2.75, 3.05) is 0 Å². The molecule has 0 saturated carbocycles. The molecule has 4 aromatic rings. The summed E-state index contributed by atoms with van der Waals surface area (Å²) in [7, 11) is 0. The number of aromatic nitrogens is 2. The molecule has 140 valence electrons. The molecular formula is C24H22N2O2. The van der Waals surface area contributed by atoms with Gasteiger partial charge in [-0.2, -0.15) is 5.10 Å². The molecule has 0 fully saturated rings. The number of esters is 1. The van der Waals surface area contributed by atoms with Crippen LogP contribution >= 0.6 is 0 Å². The van der Waals surface area contributed by atoms with Crippen molar-refractivity contribution < 1.29 is 9.53 Å². The highest BCUT2D eigenvalue weighted by Gasteiger charge is 2.18. The second-order valence-corrected chi connectivity index (χ2v) is 7.23. The maximum atomic E-state index is 13.0. The number of ether oxygens (including phenoxy) is 1. The molecule has 1 heterocycles. The van der Waals surface area contributed by atoms with Gasteiger partial charge in [0.1, 0.15) is 0 Å². The normalized spacial score (nSPS) is 11.1. The smallest absolute Gasteiger partial charge is 0.345 e. The van der Waals surface area contributed by atoms with Gasteiger partial charge in [0.15, 0.2) is 0 Å². The molecule has 4 heteroatoms. The Bertz CT molecular complexity index is 1140. The van der Waals surface area contributed by atoms with Gasteiger partial charge in [-0.15, -0.1) is 0 Å². The van der Waals surface area contributed by atoms with E-state index in [-0.39, 0.29) is 11.9 Å². The van der Waals surface area contributed by atoms with Crippen LogP contribution in [0, 0.1) is 6.92 Å². The highest BCUT2D eigenvalue weighted by molar-refractivity contribution is 6.05. The Morgan fingerprint density at radius 3 is 2.43 bits per heavy atom. The third-order valence-corrected chi connectivity index (χ3v) is 4.77. The molecule has 3 aromatic carbocycles. The van der Waals surface area contributed by atoms with Gasteiger partial charge < -0.3 is 4.74 Å². The average Bonchev–Trinajstić information content (AvgIpc) is 3.12. The highest BCUT2D eigenvalue weighted by atomic mass is 16.5. The number of aryl methyl sites for hydroxylation is 1. The van der Waals surface area contributed by atoms with Gasteiger partial charge in [0.25, 0.3) is 0 Å². The first kappa shape index (κ1) is 18.0. The third kappa shape index (κ3) is 3.41. The standard InChI is InChI=1S/C24H22N2O2/c1-16(2)22-15-23(26(25-22)19-13-11-17(3)12-14-19)28-24(27)21-10-6-8-18-7-4-5-9-20(18)21/h4-16H,1-3H3. The van der Waals surface area contributed by atoms with E-state index >= 15 is 0 Å². The van der Waals surface area contributed by atoms with E-state index in [0.29, 0.717) is 11.4 Å². The SMILES string of the molecule is Cc1ccc(-n2nc(C(C)C)cc2OC(=O)c2cccc3ccccc23)cc1. The number of carbonyl (C=O) groups is 1. The molecule has 0 N–H and O–H groups in total. The quantitative estimate of drug-likeness (QED) is 0.434. The summed E-state index contributed by atoms with van der Waals surface area (Å²) in [5.74, 6) is 0.257. The predicted molar refractivity (Wildman–Crippen MR) is 111 cm³/mol. The van der Waals surface area contributed by atoms with Gasteiger partial charge in [-0.05, 0) is 41.8 Å². The lowest BCUT2D eigenvalue weighted by Gasteiger charge is -2.09. The zero-order valence-corrected chi connectivity index (χ0v) is 16.2. The lowest BCUT2D eigenvalue weighted by molar-refractivity contribution is 0.0725. The Hall–Kier alpha value is -3.40. The second kappa shape index (κ2) is 7.31. The number of benzene rings is 3. The minimum Gasteiger partial charge on any atom is -0.404 e. The Labute approximate surface area is 164 Å². The van der Waals surface area contributed by atoms with Crippen molar-refractivity contribution in [1.82, 2.24) is 9.78 Å². The fourth-order valence-corrected chi connectivity index (χ4v) is 3.16. The first-order valence-electron chi connectivity index (χ1n) is 9.40. The number of hydrogen-bond acceptors (Lipinski definition) is 3.